The zero-order valence-electron chi connectivity index (χ0n) is 11.4. The number of likely N-dealkylation sites (tertiary alicyclic amines) is 1. The van der Waals surface area contributed by atoms with Crippen molar-refractivity contribution in [2.45, 2.75) is 45.6 Å². The Morgan fingerprint density at radius 1 is 1.44 bits per heavy atom. The van der Waals surface area contributed by atoms with Crippen LogP contribution in [0.25, 0.3) is 0 Å². The largest absolute Gasteiger partial charge is 0.444 e. The Balaban J connectivity index is 1.86. The van der Waals surface area contributed by atoms with Gasteiger partial charge in [0.25, 0.3) is 0 Å². The summed E-state index contributed by atoms with van der Waals surface area (Å²) in [6, 6.07) is 0. The van der Waals surface area contributed by atoms with Gasteiger partial charge in [-0.25, -0.2) is 4.79 Å². The van der Waals surface area contributed by atoms with Gasteiger partial charge in [-0.15, -0.1) is 0 Å². The molecule has 18 heavy (non-hydrogen) atoms. The summed E-state index contributed by atoms with van der Waals surface area (Å²) < 4.78 is 5.39. The molecule has 2 aliphatic rings. The van der Waals surface area contributed by atoms with Gasteiger partial charge in [-0.3, -0.25) is 0 Å². The highest BCUT2D eigenvalue weighted by Gasteiger charge is 2.50. The van der Waals surface area contributed by atoms with E-state index in [1.807, 2.05) is 25.7 Å². The van der Waals surface area contributed by atoms with Crippen LogP contribution in [0, 0.1) is 11.3 Å². The molecule has 1 saturated heterocycles. The molecule has 1 spiro atoms. The Labute approximate surface area is 114 Å². The average Bonchev–Trinajstić information content (AvgIpc) is 2.56. The molecule has 0 aromatic rings. The molecule has 0 unspecified atom stereocenters. The van der Waals surface area contributed by atoms with Crippen molar-refractivity contribution >= 4 is 23.3 Å². The van der Waals surface area contributed by atoms with Crippen molar-refractivity contribution in [3.05, 3.63) is 0 Å². The third-order valence-corrected chi connectivity index (χ3v) is 4.18. The molecule has 2 fully saturated rings. The molecule has 0 radical (unpaired) electrons. The topological polar surface area (TPSA) is 55.6 Å². The van der Waals surface area contributed by atoms with Crippen LogP contribution in [0.3, 0.4) is 0 Å². The summed E-state index contributed by atoms with van der Waals surface area (Å²) in [5, 5.41) is 0. The van der Waals surface area contributed by atoms with Gasteiger partial charge in [-0.1, -0.05) is 12.2 Å². The van der Waals surface area contributed by atoms with Crippen molar-refractivity contribution < 1.29 is 9.53 Å². The fourth-order valence-corrected chi connectivity index (χ4v) is 3.10. The highest BCUT2D eigenvalue weighted by molar-refractivity contribution is 7.80. The summed E-state index contributed by atoms with van der Waals surface area (Å²) in [7, 11) is 0. The van der Waals surface area contributed by atoms with Crippen LogP contribution in [-0.2, 0) is 4.74 Å². The summed E-state index contributed by atoms with van der Waals surface area (Å²) in [5.41, 5.74) is 5.48. The molecule has 2 N–H and O–H groups in total. The van der Waals surface area contributed by atoms with E-state index in [4.69, 9.17) is 22.7 Å². The van der Waals surface area contributed by atoms with E-state index in [9.17, 15) is 4.79 Å². The predicted molar refractivity (Wildman–Crippen MR) is 74.4 cm³/mol. The third-order valence-electron chi connectivity index (χ3n) is 3.85. The standard InChI is InChI=1S/C13H22N2O2S/c1-12(2,3)17-11(16)15-5-4-13(8-15)6-9(7-13)10(14)18/h9H,4-8H2,1-3H3,(H2,14,18)/t9-,13+. The predicted octanol–water partition coefficient (Wildman–Crippen LogP) is 2.31. The monoisotopic (exact) mass is 270 g/mol. The van der Waals surface area contributed by atoms with E-state index in [2.05, 4.69) is 0 Å². The number of hydrogen-bond acceptors (Lipinski definition) is 3. The van der Waals surface area contributed by atoms with Gasteiger partial charge in [0.05, 0.1) is 4.99 Å². The normalized spacial score (nSPS) is 31.3. The maximum absolute atomic E-state index is 12.0. The number of thiocarbonyl (C=S) groups is 1. The molecule has 1 aliphatic carbocycles. The fraction of sp³-hybridized carbons (Fsp3) is 0.846. The molecule has 0 aromatic heterocycles. The lowest BCUT2D eigenvalue weighted by molar-refractivity contribution is 0.0226. The lowest BCUT2D eigenvalue weighted by Gasteiger charge is -2.44. The van der Waals surface area contributed by atoms with Crippen LogP contribution in [0.4, 0.5) is 4.79 Å². The number of nitrogens with two attached hydrogens (primary N) is 1. The summed E-state index contributed by atoms with van der Waals surface area (Å²) in [5.74, 6) is 0.374. The summed E-state index contributed by atoms with van der Waals surface area (Å²) in [6.45, 7) is 7.26. The van der Waals surface area contributed by atoms with Crippen LogP contribution >= 0.6 is 12.2 Å². The van der Waals surface area contributed by atoms with Gasteiger partial charge in [0.15, 0.2) is 0 Å². The van der Waals surface area contributed by atoms with E-state index < -0.39 is 5.60 Å². The van der Waals surface area contributed by atoms with E-state index in [1.165, 1.54) is 0 Å². The molecule has 1 aliphatic heterocycles. The lowest BCUT2D eigenvalue weighted by Crippen LogP contribution is -2.45. The number of amides is 1. The van der Waals surface area contributed by atoms with Crippen molar-refractivity contribution in [1.82, 2.24) is 4.90 Å². The number of carbonyl (C=O) groups excluding carboxylic acids is 1. The second-order valence-corrected chi connectivity index (χ2v) is 7.13. The second-order valence-electron chi connectivity index (χ2n) is 6.66. The van der Waals surface area contributed by atoms with E-state index in [-0.39, 0.29) is 11.5 Å². The number of nitrogens with zero attached hydrogens (tertiary/aromatic N) is 1. The quantitative estimate of drug-likeness (QED) is 0.743. The van der Waals surface area contributed by atoms with Crippen molar-refractivity contribution in [2.75, 3.05) is 13.1 Å². The van der Waals surface area contributed by atoms with Crippen LogP contribution in [0.5, 0.6) is 0 Å². The van der Waals surface area contributed by atoms with Crippen molar-refractivity contribution in [3.63, 3.8) is 0 Å². The van der Waals surface area contributed by atoms with Crippen molar-refractivity contribution in [3.8, 4) is 0 Å². The minimum atomic E-state index is -0.423. The Morgan fingerprint density at radius 2 is 2.06 bits per heavy atom. The highest BCUT2D eigenvalue weighted by Crippen LogP contribution is 2.51. The molecule has 1 heterocycles. The van der Waals surface area contributed by atoms with E-state index in [0.717, 1.165) is 32.4 Å². The Hall–Kier alpha value is -0.840. The average molecular weight is 270 g/mol. The van der Waals surface area contributed by atoms with Crippen LogP contribution < -0.4 is 5.73 Å². The Bertz CT molecular complexity index is 370. The van der Waals surface area contributed by atoms with Gasteiger partial charge in [0.1, 0.15) is 5.60 Å². The molecule has 5 heteroatoms. The SMILES string of the molecule is CC(C)(C)OC(=O)N1CC[C@]2(C1)C[C@@H](C(N)=S)C2. The van der Waals surface area contributed by atoms with Gasteiger partial charge >= 0.3 is 6.09 Å². The van der Waals surface area contributed by atoms with Crippen molar-refractivity contribution in [2.24, 2.45) is 17.1 Å². The molecule has 102 valence electrons. The molecular formula is C13H22N2O2S. The first-order valence-corrected chi connectivity index (χ1v) is 6.89. The lowest BCUT2D eigenvalue weighted by atomic mass is 9.61. The number of hydrogen-bond donors (Lipinski definition) is 1. The Kier molecular flexibility index (Phi) is 3.30. The smallest absolute Gasteiger partial charge is 0.410 e. The summed E-state index contributed by atoms with van der Waals surface area (Å²) in [4.78, 5) is 14.4. The van der Waals surface area contributed by atoms with Crippen LogP contribution in [-0.4, -0.2) is 34.7 Å². The first-order valence-electron chi connectivity index (χ1n) is 6.48. The van der Waals surface area contributed by atoms with Crippen LogP contribution in [0.15, 0.2) is 0 Å². The Morgan fingerprint density at radius 3 is 2.56 bits per heavy atom. The molecule has 0 atom stereocenters. The first-order chi connectivity index (χ1) is 8.21. The van der Waals surface area contributed by atoms with E-state index >= 15 is 0 Å². The van der Waals surface area contributed by atoms with Crippen LogP contribution in [0.2, 0.25) is 0 Å². The number of rotatable bonds is 1. The first kappa shape index (κ1) is 13.6. The third kappa shape index (κ3) is 2.76. The summed E-state index contributed by atoms with van der Waals surface area (Å²) >= 11 is 5.01. The van der Waals surface area contributed by atoms with E-state index in [1.54, 1.807) is 0 Å². The van der Waals surface area contributed by atoms with Gasteiger partial charge in [0, 0.05) is 19.0 Å². The van der Waals surface area contributed by atoms with Gasteiger partial charge in [0.2, 0.25) is 0 Å². The number of ether oxygens (including phenoxy) is 1. The molecular weight excluding hydrogens is 248 g/mol. The number of carbonyl (C=O) groups is 1. The highest BCUT2D eigenvalue weighted by atomic mass is 32.1. The molecule has 0 bridgehead atoms. The minimum Gasteiger partial charge on any atom is -0.444 e. The molecule has 1 saturated carbocycles. The minimum absolute atomic E-state index is 0.196. The molecule has 2 rings (SSSR count). The zero-order valence-corrected chi connectivity index (χ0v) is 12.2. The summed E-state index contributed by atoms with van der Waals surface area (Å²) in [6.07, 6.45) is 2.91. The molecule has 1 amide bonds. The van der Waals surface area contributed by atoms with E-state index in [0.29, 0.717) is 10.9 Å². The zero-order chi connectivity index (χ0) is 13.6. The molecule has 0 aromatic carbocycles. The maximum Gasteiger partial charge on any atom is 0.410 e. The second kappa shape index (κ2) is 4.37. The van der Waals surface area contributed by atoms with Gasteiger partial charge in [-0.2, -0.15) is 0 Å². The fourth-order valence-electron chi connectivity index (χ4n) is 2.94. The van der Waals surface area contributed by atoms with Crippen molar-refractivity contribution in [1.29, 1.82) is 0 Å². The van der Waals surface area contributed by atoms with Crippen LogP contribution in [0.1, 0.15) is 40.0 Å². The van der Waals surface area contributed by atoms with Gasteiger partial charge < -0.3 is 15.4 Å². The molecule has 4 nitrogen and oxygen atoms in total. The maximum atomic E-state index is 12.0. The van der Waals surface area contributed by atoms with Gasteiger partial charge in [-0.05, 0) is 45.4 Å².